The first-order valence-electron chi connectivity index (χ1n) is 6.08. The average molecular weight is 231 g/mol. The van der Waals surface area contributed by atoms with Crippen LogP contribution in [0.15, 0.2) is 18.5 Å². The lowest BCUT2D eigenvalue weighted by atomic mass is 9.97. The van der Waals surface area contributed by atoms with E-state index in [9.17, 15) is 0 Å². The number of nitrogens with zero attached hydrogens (tertiary/aromatic N) is 3. The first-order chi connectivity index (χ1) is 8.31. The maximum atomic E-state index is 5.21. The molecule has 4 nitrogen and oxygen atoms in total. The van der Waals surface area contributed by atoms with E-state index in [1.54, 1.807) is 13.3 Å². The third-order valence-corrected chi connectivity index (χ3v) is 3.65. The fourth-order valence-corrected chi connectivity index (χ4v) is 2.69. The van der Waals surface area contributed by atoms with Crippen molar-refractivity contribution in [2.24, 2.45) is 0 Å². The maximum absolute atomic E-state index is 5.21. The average Bonchev–Trinajstić information content (AvgIpc) is 3.01. The third-order valence-electron chi connectivity index (χ3n) is 3.65. The predicted octanol–water partition coefficient (Wildman–Crippen LogP) is 1.25. The van der Waals surface area contributed by atoms with Crippen LogP contribution in [0, 0.1) is 6.42 Å². The van der Waals surface area contributed by atoms with Crippen molar-refractivity contribution in [1.29, 1.82) is 0 Å². The minimum Gasteiger partial charge on any atom is -0.495 e. The highest BCUT2D eigenvalue weighted by Crippen LogP contribution is 2.33. The number of ether oxygens (including phenoxy) is 1. The highest BCUT2D eigenvalue weighted by atomic mass is 16.5. The van der Waals surface area contributed by atoms with Crippen LogP contribution >= 0.6 is 0 Å². The Morgan fingerprint density at radius 2 is 2.35 bits per heavy atom. The van der Waals surface area contributed by atoms with E-state index in [0.29, 0.717) is 0 Å². The molecule has 1 unspecified atom stereocenters. The zero-order valence-electron chi connectivity index (χ0n) is 10.1. The molecule has 3 heterocycles. The largest absolute Gasteiger partial charge is 0.495 e. The van der Waals surface area contributed by atoms with Crippen LogP contribution in [-0.4, -0.2) is 37.3 Å². The van der Waals surface area contributed by atoms with Gasteiger partial charge in [-0.3, -0.25) is 4.98 Å². The number of aromatic nitrogens is 1. The highest BCUT2D eigenvalue weighted by molar-refractivity contribution is 5.51. The first-order valence-corrected chi connectivity index (χ1v) is 6.08. The molecule has 0 saturated carbocycles. The van der Waals surface area contributed by atoms with E-state index in [0.717, 1.165) is 31.1 Å². The predicted molar refractivity (Wildman–Crippen MR) is 66.3 cm³/mol. The van der Waals surface area contributed by atoms with Crippen LogP contribution in [0.5, 0.6) is 5.75 Å². The van der Waals surface area contributed by atoms with Crippen molar-refractivity contribution in [2.45, 2.75) is 18.4 Å². The van der Waals surface area contributed by atoms with Crippen molar-refractivity contribution < 1.29 is 4.74 Å². The molecule has 0 bridgehead atoms. The lowest BCUT2D eigenvalue weighted by molar-refractivity contribution is 0.413. The summed E-state index contributed by atoms with van der Waals surface area (Å²) in [4.78, 5) is 6.53. The molecule has 1 atom stereocenters. The minimum absolute atomic E-state index is 0.114. The second kappa shape index (κ2) is 4.18. The van der Waals surface area contributed by atoms with Gasteiger partial charge in [-0.1, -0.05) is 0 Å². The van der Waals surface area contributed by atoms with E-state index in [2.05, 4.69) is 16.3 Å². The van der Waals surface area contributed by atoms with Crippen LogP contribution in [0.3, 0.4) is 0 Å². The van der Waals surface area contributed by atoms with Crippen molar-refractivity contribution in [2.75, 3.05) is 31.6 Å². The van der Waals surface area contributed by atoms with Gasteiger partial charge in [-0.25, -0.2) is 5.32 Å². The summed E-state index contributed by atoms with van der Waals surface area (Å²) >= 11 is 0. The molecule has 2 fully saturated rings. The molecular weight excluding hydrogens is 214 g/mol. The molecular formula is C13H17N3O. The summed E-state index contributed by atoms with van der Waals surface area (Å²) in [5.41, 5.74) is 1.24. The van der Waals surface area contributed by atoms with E-state index in [1.807, 2.05) is 12.3 Å². The Kier molecular flexibility index (Phi) is 2.67. The zero-order valence-corrected chi connectivity index (χ0v) is 10.1. The van der Waals surface area contributed by atoms with Gasteiger partial charge in [0.25, 0.3) is 0 Å². The van der Waals surface area contributed by atoms with Gasteiger partial charge in [0.05, 0.1) is 30.7 Å². The van der Waals surface area contributed by atoms with Crippen molar-refractivity contribution in [3.63, 3.8) is 0 Å². The molecule has 4 heteroatoms. The van der Waals surface area contributed by atoms with Crippen molar-refractivity contribution in [3.8, 4) is 5.75 Å². The smallest absolute Gasteiger partial charge is 0.139 e. The molecule has 3 rings (SSSR count). The molecule has 1 aromatic rings. The normalized spacial score (nSPS) is 27.9. The SMILES string of the molecule is COc1cncc(N2C[CH]C3(CCC[N]3)C2)c1. The molecule has 0 aliphatic carbocycles. The lowest BCUT2D eigenvalue weighted by Crippen LogP contribution is -2.38. The molecule has 1 aromatic heterocycles. The number of rotatable bonds is 2. The van der Waals surface area contributed by atoms with Crippen LogP contribution in [0.25, 0.3) is 0 Å². The molecule has 17 heavy (non-hydrogen) atoms. The molecule has 0 aromatic carbocycles. The monoisotopic (exact) mass is 231 g/mol. The number of methoxy groups -OCH3 is 1. The number of hydrogen-bond acceptors (Lipinski definition) is 3. The molecule has 2 radical (unpaired) electrons. The van der Waals surface area contributed by atoms with E-state index in [-0.39, 0.29) is 5.54 Å². The summed E-state index contributed by atoms with van der Waals surface area (Å²) in [6.45, 7) is 2.96. The van der Waals surface area contributed by atoms with Crippen molar-refractivity contribution in [3.05, 3.63) is 24.9 Å². The molecule has 0 amide bonds. The van der Waals surface area contributed by atoms with E-state index < -0.39 is 0 Å². The zero-order chi connectivity index (χ0) is 11.7. The van der Waals surface area contributed by atoms with E-state index in [1.165, 1.54) is 12.8 Å². The van der Waals surface area contributed by atoms with Crippen LogP contribution in [0.4, 0.5) is 5.69 Å². The number of hydrogen-bond donors (Lipinski definition) is 0. The van der Waals surface area contributed by atoms with Gasteiger partial charge in [0.15, 0.2) is 0 Å². The van der Waals surface area contributed by atoms with E-state index in [4.69, 9.17) is 10.1 Å². The molecule has 90 valence electrons. The second-order valence-corrected chi connectivity index (χ2v) is 4.76. The lowest BCUT2D eigenvalue weighted by Gasteiger charge is -2.23. The van der Waals surface area contributed by atoms with E-state index >= 15 is 0 Å². The van der Waals surface area contributed by atoms with Crippen molar-refractivity contribution >= 4 is 5.69 Å². The fourth-order valence-electron chi connectivity index (χ4n) is 2.69. The number of anilines is 1. The van der Waals surface area contributed by atoms with Gasteiger partial charge < -0.3 is 9.64 Å². The summed E-state index contributed by atoms with van der Waals surface area (Å²) in [6, 6.07) is 2.04. The maximum Gasteiger partial charge on any atom is 0.139 e. The fraction of sp³-hybridized carbons (Fsp3) is 0.538. The molecule has 2 aliphatic rings. The summed E-state index contributed by atoms with van der Waals surface area (Å²) < 4.78 is 5.21. The van der Waals surface area contributed by atoms with Gasteiger partial charge in [-0.05, 0) is 12.8 Å². The van der Waals surface area contributed by atoms with Gasteiger partial charge in [0, 0.05) is 32.1 Å². The van der Waals surface area contributed by atoms with Gasteiger partial charge in [0.2, 0.25) is 0 Å². The minimum atomic E-state index is 0.114. The summed E-state index contributed by atoms with van der Waals surface area (Å²) in [5, 5.41) is 4.74. The molecule has 2 saturated heterocycles. The standard InChI is InChI=1S/C13H17N3O/c1-17-12-7-11(8-14-9-12)16-6-4-13(10-16)3-2-5-15-13/h4,7-9H,2-3,5-6,10H2,1H3. The van der Waals surface area contributed by atoms with Gasteiger partial charge in [-0.15, -0.1) is 0 Å². The summed E-state index contributed by atoms with van der Waals surface area (Å²) in [6.07, 6.45) is 8.39. The van der Waals surface area contributed by atoms with Crippen LogP contribution in [0.2, 0.25) is 0 Å². The Morgan fingerprint density at radius 3 is 3.12 bits per heavy atom. The molecule has 0 N–H and O–H groups in total. The molecule has 2 aliphatic heterocycles. The Labute approximate surface area is 102 Å². The Bertz CT molecular complexity index is 401. The van der Waals surface area contributed by atoms with Gasteiger partial charge >= 0.3 is 0 Å². The summed E-state index contributed by atoms with van der Waals surface area (Å²) in [5.74, 6) is 0.812. The Morgan fingerprint density at radius 1 is 1.41 bits per heavy atom. The Balaban J connectivity index is 1.77. The van der Waals surface area contributed by atoms with Crippen LogP contribution in [0.1, 0.15) is 12.8 Å². The summed E-state index contributed by atoms with van der Waals surface area (Å²) in [7, 11) is 1.67. The highest BCUT2D eigenvalue weighted by Gasteiger charge is 2.41. The Hall–Kier alpha value is -1.29. The first kappa shape index (κ1) is 10.8. The van der Waals surface area contributed by atoms with Crippen LogP contribution < -0.4 is 15.0 Å². The molecule has 1 spiro atoms. The second-order valence-electron chi connectivity index (χ2n) is 4.76. The number of pyridine rings is 1. The van der Waals surface area contributed by atoms with Gasteiger partial charge in [0.1, 0.15) is 5.75 Å². The third kappa shape index (κ3) is 1.97. The topological polar surface area (TPSA) is 39.5 Å². The van der Waals surface area contributed by atoms with Gasteiger partial charge in [-0.2, -0.15) is 0 Å². The van der Waals surface area contributed by atoms with Crippen molar-refractivity contribution in [1.82, 2.24) is 10.3 Å². The van der Waals surface area contributed by atoms with Crippen LogP contribution in [-0.2, 0) is 0 Å². The quantitative estimate of drug-likeness (QED) is 0.769.